The van der Waals surface area contributed by atoms with Crippen LogP contribution in [0.2, 0.25) is 0 Å². The number of anilines is 1. The highest BCUT2D eigenvalue weighted by Gasteiger charge is 2.70. The van der Waals surface area contributed by atoms with Crippen LogP contribution in [0.4, 0.5) is 5.69 Å². The van der Waals surface area contributed by atoms with E-state index in [1.54, 1.807) is 29.7 Å². The Hall–Kier alpha value is -3.24. The van der Waals surface area contributed by atoms with Crippen molar-refractivity contribution in [2.45, 2.75) is 138 Å². The van der Waals surface area contributed by atoms with E-state index in [1.807, 2.05) is 0 Å². The fourth-order valence-corrected chi connectivity index (χ4v) is 12.3. The monoisotopic (exact) mass is 748 g/mol. The minimum atomic E-state index is -0.635. The number of amides is 2. The molecule has 0 heterocycles. The van der Waals surface area contributed by atoms with Crippen molar-refractivity contribution in [3.63, 3.8) is 0 Å². The van der Waals surface area contributed by atoms with Crippen LogP contribution >= 0.6 is 0 Å². The van der Waals surface area contributed by atoms with Crippen LogP contribution < -0.4 is 15.5 Å². The topological polar surface area (TPSA) is 151 Å². The molecule has 4 fully saturated rings. The van der Waals surface area contributed by atoms with Crippen LogP contribution in [-0.2, 0) is 23.9 Å². The summed E-state index contributed by atoms with van der Waals surface area (Å²) in [5.74, 6) is 0.360. The molecule has 0 radical (unpaired) electrons. The first-order chi connectivity index (χ1) is 25.3. The first-order valence-electron chi connectivity index (χ1n) is 20.4. The predicted octanol–water partition coefficient (Wildman–Crippen LogP) is 7.95. The Morgan fingerprint density at radius 2 is 1.52 bits per heavy atom. The van der Waals surface area contributed by atoms with Gasteiger partial charge in [0.25, 0.3) is 0 Å². The molecule has 1 aromatic rings. The van der Waals surface area contributed by atoms with Gasteiger partial charge in [0.05, 0.1) is 24.7 Å². The number of carbonyl (C=O) groups excluding carboxylic acids is 4. The lowest BCUT2D eigenvalue weighted by Crippen LogP contribution is -2.66. The second kappa shape index (κ2) is 14.7. The van der Waals surface area contributed by atoms with Gasteiger partial charge in [0, 0.05) is 30.9 Å². The Bertz CT molecular complexity index is 1660. The zero-order valence-corrected chi connectivity index (χ0v) is 33.6. The van der Waals surface area contributed by atoms with Gasteiger partial charge >= 0.3 is 5.97 Å². The van der Waals surface area contributed by atoms with Crippen LogP contribution in [-0.4, -0.2) is 53.2 Å². The molecule has 0 spiro atoms. The smallest absolute Gasteiger partial charge is 0.311 e. The van der Waals surface area contributed by atoms with Gasteiger partial charge in [-0.15, -0.1) is 0 Å². The molecule has 0 aliphatic heterocycles. The van der Waals surface area contributed by atoms with Crippen molar-refractivity contribution >= 4 is 29.3 Å². The third kappa shape index (κ3) is 6.92. The molecular formula is C44H64N2O8. The number of hydrogen-bond donors (Lipinski definition) is 4. The maximum atomic E-state index is 14.6. The zero-order valence-electron chi connectivity index (χ0n) is 33.6. The van der Waals surface area contributed by atoms with Crippen LogP contribution in [0.1, 0.15) is 132 Å². The third-order valence-electron chi connectivity index (χ3n) is 15.9. The summed E-state index contributed by atoms with van der Waals surface area (Å²) in [5.41, 5.74) is 2.16. The number of hydrogen-bond acceptors (Lipinski definition) is 8. The summed E-state index contributed by atoms with van der Waals surface area (Å²) in [6.07, 6.45) is 11.0. The van der Waals surface area contributed by atoms with Crippen molar-refractivity contribution in [1.29, 1.82) is 0 Å². The SMILES string of the molecule is CC1(C)[C@@H](O)CC[C@]2(C)[C@H]3C(=O)C=C4[C@@H]5C[C@@](C)(C(=O)OCCCOc6ccc(NC(=O)CCCC(=O)NO)cc6)CC[C@]5(C)CC[C@@]4(C)[C@]3(C)CC[C@@H]12. The molecule has 5 aliphatic carbocycles. The van der Waals surface area contributed by atoms with E-state index < -0.39 is 11.3 Å². The van der Waals surface area contributed by atoms with E-state index in [2.05, 4.69) is 59.9 Å². The van der Waals surface area contributed by atoms with Crippen molar-refractivity contribution in [2.75, 3.05) is 18.5 Å². The molecule has 2 amide bonds. The molecule has 0 bridgehead atoms. The highest BCUT2D eigenvalue weighted by atomic mass is 16.5. The number of rotatable bonds is 11. The molecule has 5 aliphatic rings. The summed E-state index contributed by atoms with van der Waals surface area (Å²) in [4.78, 5) is 51.7. The lowest BCUT2D eigenvalue weighted by molar-refractivity contribution is -0.202. The number of aliphatic hydroxyl groups excluding tert-OH is 1. The van der Waals surface area contributed by atoms with Crippen molar-refractivity contribution in [3.05, 3.63) is 35.9 Å². The predicted molar refractivity (Wildman–Crippen MR) is 205 cm³/mol. The number of benzene rings is 1. The Labute approximate surface area is 321 Å². The van der Waals surface area contributed by atoms with Crippen molar-refractivity contribution in [1.82, 2.24) is 5.48 Å². The number of carbonyl (C=O) groups is 4. The van der Waals surface area contributed by atoms with E-state index in [0.29, 0.717) is 43.2 Å². The molecule has 0 aromatic heterocycles. The summed E-state index contributed by atoms with van der Waals surface area (Å²) in [7, 11) is 0. The third-order valence-corrected chi connectivity index (χ3v) is 15.9. The molecule has 1 aromatic carbocycles. The van der Waals surface area contributed by atoms with Crippen LogP contribution in [0, 0.1) is 50.2 Å². The van der Waals surface area contributed by atoms with E-state index in [4.69, 9.17) is 14.7 Å². The Balaban J connectivity index is 1.06. The maximum absolute atomic E-state index is 14.6. The molecule has 9 atom stereocenters. The fourth-order valence-electron chi connectivity index (χ4n) is 12.3. The van der Waals surface area contributed by atoms with Crippen molar-refractivity contribution in [3.8, 4) is 5.75 Å². The lowest BCUT2D eigenvalue weighted by Gasteiger charge is -2.70. The molecule has 4 N–H and O–H groups in total. The van der Waals surface area contributed by atoms with Gasteiger partial charge in [0.2, 0.25) is 11.8 Å². The molecule has 4 saturated carbocycles. The number of nitrogens with one attached hydrogen (secondary N) is 2. The van der Waals surface area contributed by atoms with Crippen LogP contribution in [0.5, 0.6) is 5.75 Å². The van der Waals surface area contributed by atoms with Crippen LogP contribution in [0.15, 0.2) is 35.9 Å². The van der Waals surface area contributed by atoms with Crippen molar-refractivity contribution in [2.24, 2.45) is 50.2 Å². The van der Waals surface area contributed by atoms with E-state index in [-0.39, 0.29) is 82.1 Å². The Morgan fingerprint density at radius 1 is 0.833 bits per heavy atom. The number of ether oxygens (including phenoxy) is 2. The minimum Gasteiger partial charge on any atom is -0.493 e. The number of allylic oxidation sites excluding steroid dienone is 2. The fraction of sp³-hybridized carbons (Fsp3) is 0.727. The lowest BCUT2D eigenvalue weighted by atomic mass is 9.33. The van der Waals surface area contributed by atoms with Gasteiger partial charge < -0.3 is 19.9 Å². The standard InChI is InChI=1S/C44H64N2O8/c1-39(2)33-16-19-44(7)37(42(33,5)18-17-34(39)48)32(47)26-30-31-27-41(4,21-20-40(31,3)22-23-43(30,44)6)38(51)54-25-9-24-53-29-14-12-28(13-15-29)45-35(49)10-8-11-36(50)46-52/h12-15,26,31,33-34,37,48,52H,8-11,16-25,27H2,1-7H3,(H,45,49)(H,46,50)/t31-,33-,34-,37+,40+,41-,42-,43+,44+/m0/s1. The molecular weight excluding hydrogens is 684 g/mol. The second-order valence-corrected chi connectivity index (χ2v) is 19.4. The van der Waals surface area contributed by atoms with Gasteiger partial charge in [0.15, 0.2) is 5.78 Å². The van der Waals surface area contributed by atoms with Gasteiger partial charge in [-0.25, -0.2) is 5.48 Å². The van der Waals surface area contributed by atoms with E-state index in [0.717, 1.165) is 51.4 Å². The van der Waals surface area contributed by atoms with Gasteiger partial charge in [-0.3, -0.25) is 24.4 Å². The van der Waals surface area contributed by atoms with Gasteiger partial charge in [-0.1, -0.05) is 47.1 Å². The Kier molecular flexibility index (Phi) is 11.0. The molecule has 0 saturated heterocycles. The van der Waals surface area contributed by atoms with Gasteiger partial charge in [0.1, 0.15) is 5.75 Å². The minimum absolute atomic E-state index is 0.0390. The average molecular weight is 749 g/mol. The van der Waals surface area contributed by atoms with Gasteiger partial charge in [-0.05, 0) is 140 Å². The molecule has 6 rings (SSSR count). The van der Waals surface area contributed by atoms with Gasteiger partial charge in [-0.2, -0.15) is 0 Å². The number of ketones is 1. The first-order valence-corrected chi connectivity index (χ1v) is 20.4. The average Bonchev–Trinajstić information content (AvgIpc) is 3.12. The first kappa shape index (κ1) is 40.4. The molecule has 298 valence electrons. The quantitative estimate of drug-likeness (QED) is 0.0771. The summed E-state index contributed by atoms with van der Waals surface area (Å²) >= 11 is 0. The summed E-state index contributed by atoms with van der Waals surface area (Å²) in [5, 5.41) is 22.4. The summed E-state index contributed by atoms with van der Waals surface area (Å²) in [6, 6.07) is 7.01. The van der Waals surface area contributed by atoms with Crippen LogP contribution in [0.25, 0.3) is 0 Å². The Morgan fingerprint density at radius 3 is 2.22 bits per heavy atom. The maximum Gasteiger partial charge on any atom is 0.311 e. The largest absolute Gasteiger partial charge is 0.493 e. The number of hydroxylamine groups is 1. The number of esters is 1. The molecule has 0 unspecified atom stereocenters. The van der Waals surface area contributed by atoms with E-state index in [1.165, 1.54) is 5.57 Å². The zero-order chi connectivity index (χ0) is 39.3. The number of fused-ring (bicyclic) bond motifs is 7. The molecule has 54 heavy (non-hydrogen) atoms. The summed E-state index contributed by atoms with van der Waals surface area (Å²) in [6.45, 7) is 16.7. The molecule has 10 heteroatoms. The highest BCUT2D eigenvalue weighted by molar-refractivity contribution is 5.96. The van der Waals surface area contributed by atoms with E-state index >= 15 is 0 Å². The molecule has 10 nitrogen and oxygen atoms in total. The normalized spacial score (nSPS) is 38.0. The van der Waals surface area contributed by atoms with Crippen LogP contribution in [0.3, 0.4) is 0 Å². The number of aliphatic hydroxyl groups is 1. The van der Waals surface area contributed by atoms with Crippen molar-refractivity contribution < 1.29 is 39.0 Å². The summed E-state index contributed by atoms with van der Waals surface area (Å²) < 4.78 is 11.8. The van der Waals surface area contributed by atoms with E-state index in [9.17, 15) is 24.3 Å². The highest BCUT2D eigenvalue weighted by Crippen LogP contribution is 2.75. The second-order valence-electron chi connectivity index (χ2n) is 19.4.